The zero-order valence-electron chi connectivity index (χ0n) is 15.0. The summed E-state index contributed by atoms with van der Waals surface area (Å²) in [5, 5.41) is 8.89. The van der Waals surface area contributed by atoms with Crippen LogP contribution < -0.4 is 5.11 Å². The van der Waals surface area contributed by atoms with Crippen LogP contribution in [0.2, 0.25) is 13.3 Å². The second kappa shape index (κ2) is 20.3. The van der Waals surface area contributed by atoms with E-state index in [-0.39, 0.29) is 0 Å². The number of rotatable bonds is 13. The van der Waals surface area contributed by atoms with Crippen molar-refractivity contribution in [3.63, 3.8) is 0 Å². The average Bonchev–Trinajstić information content (AvgIpc) is 2.44. The molecule has 0 rings (SSSR count). The molecule has 0 aromatic heterocycles. The van der Waals surface area contributed by atoms with E-state index in [1.54, 1.807) is 19.7 Å². The molecular weight excluding hydrogens is 367 g/mol. The molecule has 0 saturated heterocycles. The third kappa shape index (κ3) is 25.6. The van der Waals surface area contributed by atoms with Crippen LogP contribution in [-0.4, -0.2) is 25.7 Å². The van der Waals surface area contributed by atoms with Crippen molar-refractivity contribution >= 4 is 25.7 Å². The van der Waals surface area contributed by atoms with Crippen LogP contribution in [0.25, 0.3) is 0 Å². The molecule has 0 heterocycles. The Labute approximate surface area is 140 Å². The van der Waals surface area contributed by atoms with Gasteiger partial charge in [0.2, 0.25) is 0 Å². The molecule has 0 aromatic rings. The summed E-state index contributed by atoms with van der Waals surface area (Å²) < 4.78 is 4.83. The maximum atomic E-state index is 8.89. The quantitative estimate of drug-likeness (QED) is 0.312. The van der Waals surface area contributed by atoms with Crippen molar-refractivity contribution in [2.75, 3.05) is 0 Å². The fourth-order valence-corrected chi connectivity index (χ4v) is 8.05. The van der Waals surface area contributed by atoms with Gasteiger partial charge in [0.15, 0.2) is 0 Å². The molecule has 2 nitrogen and oxygen atoms in total. The molecule has 126 valence electrons. The topological polar surface area (TPSA) is 40.1 Å². The molecule has 0 aromatic carbocycles. The Kier molecular flexibility index (Phi) is 22.7. The van der Waals surface area contributed by atoms with Crippen LogP contribution in [0.4, 0.5) is 0 Å². The summed E-state index contributed by atoms with van der Waals surface area (Å²) in [5.41, 5.74) is 0. The van der Waals surface area contributed by atoms with Crippen LogP contribution in [0.3, 0.4) is 0 Å². The zero-order valence-corrected chi connectivity index (χ0v) is 17.9. The summed E-state index contributed by atoms with van der Waals surface area (Å²) in [6, 6.07) is 0. The van der Waals surface area contributed by atoms with Gasteiger partial charge in [0, 0.05) is 5.97 Å². The van der Waals surface area contributed by atoms with Crippen LogP contribution in [0.15, 0.2) is 0 Å². The summed E-state index contributed by atoms with van der Waals surface area (Å²) in [6.07, 6.45) is 14.9. The molecule has 0 aliphatic heterocycles. The van der Waals surface area contributed by atoms with Gasteiger partial charge in [-0.05, 0) is 6.92 Å². The SMILES string of the molecule is CC(=O)[O-].CCCCCCCCCCC[CH2][Sn+]([CH2]C)[CH2]C. The molecule has 0 aliphatic rings. The second-order valence-corrected chi connectivity index (χ2v) is 15.6. The normalized spacial score (nSPS) is 9.90. The summed E-state index contributed by atoms with van der Waals surface area (Å²) in [7, 11) is 0. The van der Waals surface area contributed by atoms with E-state index in [4.69, 9.17) is 9.90 Å². The fourth-order valence-electron chi connectivity index (χ4n) is 2.47. The van der Waals surface area contributed by atoms with Gasteiger partial charge < -0.3 is 9.90 Å². The molecule has 0 radical (unpaired) electrons. The van der Waals surface area contributed by atoms with E-state index < -0.39 is 25.7 Å². The fraction of sp³-hybridized carbons (Fsp3) is 0.944. The van der Waals surface area contributed by atoms with Crippen LogP contribution >= 0.6 is 0 Å². The van der Waals surface area contributed by atoms with Crippen LogP contribution in [0.1, 0.15) is 91.9 Å². The van der Waals surface area contributed by atoms with Gasteiger partial charge in [-0.2, -0.15) is 0 Å². The van der Waals surface area contributed by atoms with E-state index in [2.05, 4.69) is 20.8 Å². The summed E-state index contributed by atoms with van der Waals surface area (Å²) >= 11 is -0.800. The molecule has 3 heteroatoms. The third-order valence-corrected chi connectivity index (χ3v) is 12.6. The van der Waals surface area contributed by atoms with E-state index in [1.807, 2.05) is 0 Å². The number of aliphatic carboxylic acids is 1. The number of unbranched alkanes of at least 4 members (excludes halogenated alkanes) is 9. The summed E-state index contributed by atoms with van der Waals surface area (Å²) in [6.45, 7) is 8.12. The van der Waals surface area contributed by atoms with E-state index in [0.29, 0.717) is 0 Å². The van der Waals surface area contributed by atoms with Gasteiger partial charge in [-0.25, -0.2) is 0 Å². The molecule has 0 amide bonds. The van der Waals surface area contributed by atoms with Gasteiger partial charge >= 0.3 is 118 Å². The standard InChI is InChI=1S/C12H25.C2H4O2.2C2H5.Sn/c1-3-5-7-9-11-12-10-8-6-4-2;1-2(3)4;2*1-2;/h1,3-12H2,2H3;1H3,(H,3,4);2*1H2,2H3;/q;;;;+1/p-1. The van der Waals surface area contributed by atoms with Crippen molar-refractivity contribution in [3.05, 3.63) is 0 Å². The van der Waals surface area contributed by atoms with Crippen molar-refractivity contribution < 1.29 is 9.90 Å². The van der Waals surface area contributed by atoms with Crippen LogP contribution in [-0.2, 0) is 4.79 Å². The molecule has 0 N–H and O–H groups in total. The van der Waals surface area contributed by atoms with Gasteiger partial charge in [0.25, 0.3) is 0 Å². The minimum absolute atomic E-state index is 0.800. The van der Waals surface area contributed by atoms with Crippen LogP contribution in [0, 0.1) is 0 Å². The summed E-state index contributed by atoms with van der Waals surface area (Å²) in [4.78, 5) is 8.89. The Morgan fingerprint density at radius 1 is 0.762 bits per heavy atom. The monoisotopic (exact) mass is 406 g/mol. The first kappa shape index (κ1) is 23.5. The number of hydrogen-bond donors (Lipinski definition) is 0. The molecule has 0 aliphatic carbocycles. The van der Waals surface area contributed by atoms with Crippen molar-refractivity contribution in [3.8, 4) is 0 Å². The number of hydrogen-bond acceptors (Lipinski definition) is 2. The maximum absolute atomic E-state index is 8.89. The first-order chi connectivity index (χ1) is 10.1. The van der Waals surface area contributed by atoms with E-state index in [1.165, 1.54) is 57.8 Å². The Hall–Kier alpha value is 0.269. The van der Waals surface area contributed by atoms with Crippen molar-refractivity contribution in [1.29, 1.82) is 0 Å². The molecule has 21 heavy (non-hydrogen) atoms. The number of carbonyl (C=O) groups is 1. The van der Waals surface area contributed by atoms with Gasteiger partial charge in [-0.15, -0.1) is 0 Å². The van der Waals surface area contributed by atoms with E-state index >= 15 is 0 Å². The molecular formula is C18H38O2Sn. The molecule has 0 fully saturated rings. The molecule has 0 atom stereocenters. The Morgan fingerprint density at radius 2 is 1.10 bits per heavy atom. The molecule has 0 saturated carbocycles. The van der Waals surface area contributed by atoms with Gasteiger partial charge in [0.05, 0.1) is 0 Å². The number of carboxylic acid groups (broad SMARTS) is 1. The van der Waals surface area contributed by atoms with Crippen molar-refractivity contribution in [2.45, 2.75) is 105 Å². The number of carboxylic acids is 1. The molecule has 0 spiro atoms. The van der Waals surface area contributed by atoms with Crippen LogP contribution in [0.5, 0.6) is 0 Å². The predicted octanol–water partition coefficient (Wildman–Crippen LogP) is 5.20. The Bertz CT molecular complexity index is 199. The Balaban J connectivity index is 0. The van der Waals surface area contributed by atoms with E-state index in [0.717, 1.165) is 6.92 Å². The van der Waals surface area contributed by atoms with Crippen molar-refractivity contribution in [1.82, 2.24) is 0 Å². The first-order valence-electron chi connectivity index (χ1n) is 9.09. The summed E-state index contributed by atoms with van der Waals surface area (Å²) in [5.74, 6) is -1.08. The molecule has 0 unspecified atom stereocenters. The average molecular weight is 405 g/mol. The van der Waals surface area contributed by atoms with Gasteiger partial charge in [-0.3, -0.25) is 0 Å². The third-order valence-electron chi connectivity index (χ3n) is 3.88. The minimum atomic E-state index is -1.08. The predicted molar refractivity (Wildman–Crippen MR) is 94.0 cm³/mol. The van der Waals surface area contributed by atoms with Crippen molar-refractivity contribution in [2.24, 2.45) is 0 Å². The van der Waals surface area contributed by atoms with Gasteiger partial charge in [-0.1, -0.05) is 0 Å². The Morgan fingerprint density at radius 3 is 1.43 bits per heavy atom. The second-order valence-electron chi connectivity index (χ2n) is 5.88. The molecule has 0 bridgehead atoms. The first-order valence-corrected chi connectivity index (χ1v) is 15.1. The zero-order chi connectivity index (χ0) is 16.3. The van der Waals surface area contributed by atoms with Gasteiger partial charge in [0.1, 0.15) is 0 Å². The van der Waals surface area contributed by atoms with E-state index in [9.17, 15) is 0 Å². The number of carbonyl (C=O) groups excluding carboxylic acids is 1.